The lowest BCUT2D eigenvalue weighted by Crippen LogP contribution is -2.21. The van der Waals surface area contributed by atoms with E-state index in [-0.39, 0.29) is 22.9 Å². The number of hydrogen-bond donors (Lipinski definition) is 1. The Labute approximate surface area is 244 Å². The van der Waals surface area contributed by atoms with Crippen molar-refractivity contribution in [1.29, 1.82) is 0 Å². The summed E-state index contributed by atoms with van der Waals surface area (Å²) in [6.45, 7) is 3.52. The van der Waals surface area contributed by atoms with E-state index in [1.165, 1.54) is 10.9 Å². The molecule has 1 heterocycles. The summed E-state index contributed by atoms with van der Waals surface area (Å²) in [7, 11) is 0. The molecule has 0 spiro atoms. The first-order valence-electron chi connectivity index (χ1n) is 11.2. The Morgan fingerprint density at radius 1 is 1.13 bits per heavy atom. The molecular weight excluding hydrogens is 663 g/mol. The number of carbonyl (C=O) groups is 1. The lowest BCUT2D eigenvalue weighted by atomic mass is 10.2. The monoisotopic (exact) mass is 680 g/mol. The summed E-state index contributed by atoms with van der Waals surface area (Å²) in [6.07, 6.45) is 1.47. The number of rotatable bonds is 8. The topological polar surface area (TPSA) is 94.8 Å². The highest BCUT2D eigenvalue weighted by atomic mass is 79.9. The molecule has 0 unspecified atom stereocenters. The van der Waals surface area contributed by atoms with Crippen molar-refractivity contribution in [2.45, 2.75) is 13.8 Å². The first-order valence-corrected chi connectivity index (χ1v) is 13.6. The van der Waals surface area contributed by atoms with Crippen LogP contribution >= 0.6 is 55.1 Å². The maximum atomic E-state index is 13.1. The van der Waals surface area contributed by atoms with Crippen LogP contribution in [-0.4, -0.2) is 35.0 Å². The van der Waals surface area contributed by atoms with Gasteiger partial charge >= 0.3 is 0 Å². The summed E-state index contributed by atoms with van der Waals surface area (Å²) in [5.41, 5.74) is 1.36. The number of benzene rings is 3. The molecule has 1 N–H and O–H groups in total. The smallest absolute Gasteiger partial charge is 0.282 e. The second-order valence-electron chi connectivity index (χ2n) is 7.88. The summed E-state index contributed by atoms with van der Waals surface area (Å²) >= 11 is 19.3. The highest BCUT2D eigenvalue weighted by molar-refractivity contribution is 9.10. The Hall–Kier alpha value is -2.92. The van der Waals surface area contributed by atoms with Gasteiger partial charge in [0.25, 0.3) is 11.5 Å². The van der Waals surface area contributed by atoms with Crippen LogP contribution in [0.3, 0.4) is 0 Å². The second kappa shape index (κ2) is 12.3. The van der Waals surface area contributed by atoms with Crippen LogP contribution in [0.4, 0.5) is 5.69 Å². The summed E-state index contributed by atoms with van der Waals surface area (Å²) in [4.78, 5) is 29.9. The van der Waals surface area contributed by atoms with Crippen LogP contribution in [0, 0.1) is 6.92 Å². The van der Waals surface area contributed by atoms with Crippen LogP contribution in [-0.2, 0) is 4.79 Å². The molecule has 0 saturated heterocycles. The van der Waals surface area contributed by atoms with Crippen LogP contribution in [0.1, 0.15) is 18.3 Å². The van der Waals surface area contributed by atoms with Crippen molar-refractivity contribution in [1.82, 2.24) is 9.66 Å². The zero-order valence-corrected chi connectivity index (χ0v) is 24.8. The summed E-state index contributed by atoms with van der Waals surface area (Å²) in [5.74, 6) is 0.526. The van der Waals surface area contributed by atoms with E-state index in [4.69, 9.17) is 32.7 Å². The van der Waals surface area contributed by atoms with E-state index in [0.717, 1.165) is 4.47 Å². The molecule has 0 aliphatic rings. The number of halogens is 4. The van der Waals surface area contributed by atoms with Gasteiger partial charge in [-0.25, -0.2) is 4.98 Å². The van der Waals surface area contributed by atoms with Crippen LogP contribution in [0.25, 0.3) is 10.9 Å². The van der Waals surface area contributed by atoms with Gasteiger partial charge in [0, 0.05) is 25.2 Å². The molecular formula is C26H20Br2Cl2N4O4. The predicted molar refractivity (Wildman–Crippen MR) is 157 cm³/mol. The van der Waals surface area contributed by atoms with E-state index in [1.54, 1.807) is 49.4 Å². The minimum Gasteiger partial charge on any atom is -0.490 e. The number of carbonyl (C=O) groups excluding carboxylic acids is 1. The third kappa shape index (κ3) is 6.37. The molecule has 38 heavy (non-hydrogen) atoms. The zero-order chi connectivity index (χ0) is 27.4. The number of amides is 1. The molecule has 0 atom stereocenters. The number of hydrogen-bond acceptors (Lipinski definition) is 6. The van der Waals surface area contributed by atoms with Crippen molar-refractivity contribution in [3.8, 4) is 11.5 Å². The quantitative estimate of drug-likeness (QED) is 0.206. The van der Waals surface area contributed by atoms with Crippen LogP contribution in [0.5, 0.6) is 11.5 Å². The fourth-order valence-electron chi connectivity index (χ4n) is 3.48. The van der Waals surface area contributed by atoms with Gasteiger partial charge in [0.1, 0.15) is 10.8 Å². The average Bonchev–Trinajstić information content (AvgIpc) is 2.88. The van der Waals surface area contributed by atoms with Crippen molar-refractivity contribution < 1.29 is 14.3 Å². The van der Waals surface area contributed by atoms with Gasteiger partial charge < -0.3 is 14.8 Å². The van der Waals surface area contributed by atoms with Gasteiger partial charge in [-0.3, -0.25) is 9.59 Å². The number of nitrogens with one attached hydrogen (secondary N) is 1. The van der Waals surface area contributed by atoms with Crippen molar-refractivity contribution in [3.63, 3.8) is 0 Å². The van der Waals surface area contributed by atoms with Gasteiger partial charge in [-0.15, -0.1) is 0 Å². The molecule has 0 aliphatic heterocycles. The number of ether oxygens (including phenoxy) is 2. The number of aryl methyl sites for hydroxylation is 1. The molecule has 4 aromatic rings. The van der Waals surface area contributed by atoms with E-state index >= 15 is 0 Å². The minimum absolute atomic E-state index is 0.182. The van der Waals surface area contributed by atoms with Crippen LogP contribution in [0.15, 0.2) is 67.4 Å². The fourth-order valence-corrected chi connectivity index (χ4v) is 4.62. The van der Waals surface area contributed by atoms with Gasteiger partial charge in [-0.05, 0) is 78.3 Å². The summed E-state index contributed by atoms with van der Waals surface area (Å²) in [5, 5.41) is 8.25. The Bertz CT molecular complexity index is 1610. The molecule has 1 amide bonds. The highest BCUT2D eigenvalue weighted by Gasteiger charge is 2.19. The lowest BCUT2D eigenvalue weighted by Gasteiger charge is -2.16. The van der Waals surface area contributed by atoms with Gasteiger partial charge in [0.2, 0.25) is 0 Å². The molecule has 4 rings (SSSR count). The number of aromatic nitrogens is 2. The van der Waals surface area contributed by atoms with Crippen molar-refractivity contribution in [3.05, 3.63) is 89.3 Å². The maximum Gasteiger partial charge on any atom is 0.282 e. The average molecular weight is 683 g/mol. The Balaban J connectivity index is 1.61. The second-order valence-corrected chi connectivity index (χ2v) is 10.4. The van der Waals surface area contributed by atoms with Crippen molar-refractivity contribution in [2.75, 3.05) is 18.5 Å². The largest absolute Gasteiger partial charge is 0.490 e. The van der Waals surface area contributed by atoms with Crippen LogP contribution in [0.2, 0.25) is 10.0 Å². The lowest BCUT2D eigenvalue weighted by molar-refractivity contribution is -0.118. The van der Waals surface area contributed by atoms with Crippen molar-refractivity contribution in [2.24, 2.45) is 5.10 Å². The molecule has 8 nitrogen and oxygen atoms in total. The normalized spacial score (nSPS) is 11.2. The van der Waals surface area contributed by atoms with E-state index in [2.05, 4.69) is 47.3 Å². The minimum atomic E-state index is -0.391. The van der Waals surface area contributed by atoms with Gasteiger partial charge in [0.05, 0.1) is 23.7 Å². The Morgan fingerprint density at radius 3 is 2.58 bits per heavy atom. The van der Waals surface area contributed by atoms with Crippen LogP contribution < -0.4 is 20.3 Å². The SMILES string of the molecule is CCOc1cc(C=Nn2c(C)nc3ccc(Br)cc3c2=O)c(Br)c(Cl)c1OCC(=O)Nc1ccc(Cl)cc1. The third-order valence-corrected chi connectivity index (χ3v) is 7.40. The maximum absolute atomic E-state index is 13.1. The zero-order valence-electron chi connectivity index (χ0n) is 20.1. The molecule has 0 radical (unpaired) electrons. The molecule has 0 fully saturated rings. The standard InChI is InChI=1S/C26H20Br2Cl2N4O4/c1-3-37-21-10-15(12-31-34-14(2)32-20-9-4-16(27)11-19(20)26(34)36)23(28)24(30)25(21)38-13-22(35)33-18-7-5-17(29)6-8-18/h4-12H,3,13H2,1-2H3,(H,33,35). The number of nitrogens with zero attached hydrogens (tertiary/aromatic N) is 3. The van der Waals surface area contributed by atoms with Gasteiger partial charge in [-0.2, -0.15) is 9.78 Å². The Morgan fingerprint density at radius 2 is 1.87 bits per heavy atom. The molecule has 0 aliphatic carbocycles. The summed E-state index contributed by atoms with van der Waals surface area (Å²) in [6, 6.07) is 13.6. The number of anilines is 1. The van der Waals surface area contributed by atoms with Gasteiger partial charge in [-0.1, -0.05) is 39.1 Å². The molecule has 196 valence electrons. The molecule has 3 aromatic carbocycles. The van der Waals surface area contributed by atoms with E-state index in [9.17, 15) is 9.59 Å². The first-order chi connectivity index (χ1) is 18.2. The van der Waals surface area contributed by atoms with E-state index in [0.29, 0.717) is 49.8 Å². The van der Waals surface area contributed by atoms with E-state index in [1.807, 2.05) is 13.0 Å². The molecule has 12 heteroatoms. The fraction of sp³-hybridized carbons (Fsp3) is 0.154. The molecule has 0 bridgehead atoms. The van der Waals surface area contributed by atoms with E-state index < -0.39 is 5.91 Å². The first kappa shape index (κ1) is 28.1. The predicted octanol–water partition coefficient (Wildman–Crippen LogP) is 6.84. The Kier molecular flexibility index (Phi) is 9.09. The summed E-state index contributed by atoms with van der Waals surface area (Å²) < 4.78 is 13.9. The molecule has 1 aromatic heterocycles. The highest BCUT2D eigenvalue weighted by Crippen LogP contribution is 2.42. The van der Waals surface area contributed by atoms with Gasteiger partial charge in [0.15, 0.2) is 18.1 Å². The van der Waals surface area contributed by atoms with Crippen molar-refractivity contribution >= 4 is 83.8 Å². The molecule has 0 saturated carbocycles. The third-order valence-electron chi connectivity index (χ3n) is 5.21. The number of fused-ring (bicyclic) bond motifs is 1.